The van der Waals surface area contributed by atoms with Gasteiger partial charge in [-0.3, -0.25) is 4.90 Å². The molecule has 0 aliphatic carbocycles. The van der Waals surface area contributed by atoms with E-state index in [2.05, 4.69) is 98.4 Å². The van der Waals surface area contributed by atoms with Crippen molar-refractivity contribution >= 4 is 17.3 Å². The Morgan fingerprint density at radius 2 is 1.84 bits per heavy atom. The van der Waals surface area contributed by atoms with E-state index in [-0.39, 0.29) is 0 Å². The van der Waals surface area contributed by atoms with Gasteiger partial charge in [-0.15, -0.1) is 11.8 Å². The molecular weight excluding hydrogens is 396 g/mol. The standard InChI is InChI=1S/C28H38N2S/c1-6-28(24(5)31-20-23(4)26-10-8-7-9-11-26)29-27-14-16-30(17-15-27)19-25-13-12-21(2)22(3)18-25/h7-13,18,20,27-29H,5-6,14-17,19H2,1-4H3/b23-20+. The molecule has 2 aromatic carbocycles. The summed E-state index contributed by atoms with van der Waals surface area (Å²) in [5, 5.41) is 6.14. The average Bonchev–Trinajstić information content (AvgIpc) is 2.79. The molecule has 3 rings (SSSR count). The molecule has 0 aromatic heterocycles. The lowest BCUT2D eigenvalue weighted by atomic mass is 10.0. The third-order valence-electron chi connectivity index (χ3n) is 6.42. The minimum Gasteiger partial charge on any atom is -0.307 e. The predicted octanol–water partition coefficient (Wildman–Crippen LogP) is 6.94. The largest absolute Gasteiger partial charge is 0.307 e. The minimum absolute atomic E-state index is 0.362. The Kier molecular flexibility index (Phi) is 9.01. The molecule has 0 saturated carbocycles. The summed E-state index contributed by atoms with van der Waals surface area (Å²) in [5.41, 5.74) is 6.78. The zero-order valence-electron chi connectivity index (χ0n) is 19.7. The predicted molar refractivity (Wildman–Crippen MR) is 138 cm³/mol. The summed E-state index contributed by atoms with van der Waals surface area (Å²) >= 11 is 1.78. The number of aryl methyl sites for hydroxylation is 2. The Labute approximate surface area is 193 Å². The van der Waals surface area contributed by atoms with Crippen molar-refractivity contribution < 1.29 is 0 Å². The number of allylic oxidation sites excluding steroid dienone is 1. The van der Waals surface area contributed by atoms with Gasteiger partial charge in [-0.2, -0.15) is 0 Å². The summed E-state index contributed by atoms with van der Waals surface area (Å²) in [6, 6.07) is 18.4. The van der Waals surface area contributed by atoms with Gasteiger partial charge < -0.3 is 5.32 Å². The maximum absolute atomic E-state index is 4.39. The van der Waals surface area contributed by atoms with Gasteiger partial charge in [-0.05, 0) is 91.3 Å². The Morgan fingerprint density at radius 3 is 2.48 bits per heavy atom. The van der Waals surface area contributed by atoms with E-state index in [0.717, 1.165) is 26.1 Å². The number of benzene rings is 2. The second-order valence-electron chi connectivity index (χ2n) is 8.85. The van der Waals surface area contributed by atoms with Crippen molar-refractivity contribution in [3.63, 3.8) is 0 Å². The van der Waals surface area contributed by atoms with Crippen molar-refractivity contribution in [2.24, 2.45) is 0 Å². The van der Waals surface area contributed by atoms with Crippen LogP contribution in [-0.2, 0) is 6.54 Å². The number of hydrogen-bond donors (Lipinski definition) is 1. The Morgan fingerprint density at radius 1 is 1.13 bits per heavy atom. The van der Waals surface area contributed by atoms with Crippen LogP contribution in [0.15, 0.2) is 65.4 Å². The highest BCUT2D eigenvalue weighted by atomic mass is 32.2. The van der Waals surface area contributed by atoms with Crippen molar-refractivity contribution in [2.75, 3.05) is 13.1 Å². The summed E-state index contributed by atoms with van der Waals surface area (Å²) in [7, 11) is 0. The third-order valence-corrected chi connectivity index (χ3v) is 7.47. The van der Waals surface area contributed by atoms with E-state index in [1.165, 1.54) is 45.6 Å². The van der Waals surface area contributed by atoms with E-state index in [1.807, 2.05) is 0 Å². The van der Waals surface area contributed by atoms with Crippen molar-refractivity contribution in [1.29, 1.82) is 0 Å². The third kappa shape index (κ3) is 7.10. The topological polar surface area (TPSA) is 15.3 Å². The summed E-state index contributed by atoms with van der Waals surface area (Å²) < 4.78 is 0. The van der Waals surface area contributed by atoms with Gasteiger partial charge in [0.2, 0.25) is 0 Å². The molecule has 0 radical (unpaired) electrons. The monoisotopic (exact) mass is 434 g/mol. The molecule has 2 aromatic rings. The Bertz CT molecular complexity index is 879. The minimum atomic E-state index is 0.362. The van der Waals surface area contributed by atoms with Crippen LogP contribution < -0.4 is 5.32 Å². The first-order valence-electron chi connectivity index (χ1n) is 11.6. The first-order chi connectivity index (χ1) is 15.0. The highest BCUT2D eigenvalue weighted by Gasteiger charge is 2.22. The zero-order valence-corrected chi connectivity index (χ0v) is 20.5. The molecule has 0 spiro atoms. The van der Waals surface area contributed by atoms with Gasteiger partial charge >= 0.3 is 0 Å². The lowest BCUT2D eigenvalue weighted by Crippen LogP contribution is -2.46. The van der Waals surface area contributed by atoms with Crippen LogP contribution in [0, 0.1) is 13.8 Å². The van der Waals surface area contributed by atoms with E-state index in [0.29, 0.717) is 12.1 Å². The van der Waals surface area contributed by atoms with Gasteiger partial charge in [0, 0.05) is 18.6 Å². The molecule has 1 fully saturated rings. The number of likely N-dealkylation sites (tertiary alicyclic amines) is 1. The lowest BCUT2D eigenvalue weighted by molar-refractivity contribution is 0.186. The van der Waals surface area contributed by atoms with Gasteiger partial charge in [0.25, 0.3) is 0 Å². The first kappa shape index (κ1) is 23.8. The summed E-state index contributed by atoms with van der Waals surface area (Å²) in [4.78, 5) is 3.81. The molecule has 1 atom stereocenters. The first-order valence-corrected chi connectivity index (χ1v) is 12.5. The number of hydrogen-bond acceptors (Lipinski definition) is 3. The maximum Gasteiger partial charge on any atom is 0.0377 e. The molecule has 1 unspecified atom stereocenters. The summed E-state index contributed by atoms with van der Waals surface area (Å²) in [6.45, 7) is 16.6. The highest BCUT2D eigenvalue weighted by molar-refractivity contribution is 8.06. The smallest absolute Gasteiger partial charge is 0.0377 e. The van der Waals surface area contributed by atoms with Crippen molar-refractivity contribution in [3.05, 3.63) is 87.7 Å². The molecule has 1 aliphatic rings. The second-order valence-corrected chi connectivity index (χ2v) is 9.84. The van der Waals surface area contributed by atoms with Gasteiger partial charge in [0.15, 0.2) is 0 Å². The number of thioether (sulfide) groups is 1. The Hall–Kier alpha value is -1.81. The molecule has 1 N–H and O–H groups in total. The fourth-order valence-electron chi connectivity index (χ4n) is 4.16. The summed E-state index contributed by atoms with van der Waals surface area (Å²) in [6.07, 6.45) is 3.49. The molecule has 1 saturated heterocycles. The molecule has 31 heavy (non-hydrogen) atoms. The highest BCUT2D eigenvalue weighted by Crippen LogP contribution is 2.27. The van der Waals surface area contributed by atoms with Gasteiger partial charge in [0.05, 0.1) is 0 Å². The second kappa shape index (κ2) is 11.7. The van der Waals surface area contributed by atoms with E-state index in [9.17, 15) is 0 Å². The molecule has 1 aliphatic heterocycles. The summed E-state index contributed by atoms with van der Waals surface area (Å²) in [5.74, 6) is 0. The van der Waals surface area contributed by atoms with Crippen LogP contribution in [0.4, 0.5) is 0 Å². The van der Waals surface area contributed by atoms with Crippen molar-refractivity contribution in [3.8, 4) is 0 Å². The van der Waals surface area contributed by atoms with Crippen molar-refractivity contribution in [2.45, 2.75) is 65.6 Å². The molecule has 166 valence electrons. The normalized spacial score (nSPS) is 17.0. The van der Waals surface area contributed by atoms with Crippen LogP contribution in [-0.4, -0.2) is 30.1 Å². The van der Waals surface area contributed by atoms with Crippen LogP contribution in [0.5, 0.6) is 0 Å². The quantitative estimate of drug-likeness (QED) is 0.460. The number of piperidine rings is 1. The SMILES string of the molecule is C=C(S/C=C(\C)c1ccccc1)C(CC)NC1CCN(Cc2ccc(C)c(C)c2)CC1. The van der Waals surface area contributed by atoms with E-state index in [4.69, 9.17) is 0 Å². The Balaban J connectivity index is 1.46. The molecule has 3 heteroatoms. The van der Waals surface area contributed by atoms with Gasteiger partial charge in [-0.1, -0.05) is 62.0 Å². The maximum atomic E-state index is 4.39. The fourth-order valence-corrected chi connectivity index (χ4v) is 5.02. The number of nitrogens with zero attached hydrogens (tertiary/aromatic N) is 1. The van der Waals surface area contributed by atoms with E-state index < -0.39 is 0 Å². The zero-order chi connectivity index (χ0) is 22.2. The van der Waals surface area contributed by atoms with Gasteiger partial charge in [-0.25, -0.2) is 0 Å². The lowest BCUT2D eigenvalue weighted by Gasteiger charge is -2.35. The molecular formula is C28H38N2S. The molecule has 1 heterocycles. The van der Waals surface area contributed by atoms with Gasteiger partial charge in [0.1, 0.15) is 0 Å². The number of rotatable bonds is 9. The fraction of sp³-hybridized carbons (Fsp3) is 0.429. The van der Waals surface area contributed by atoms with Crippen LogP contribution in [0.3, 0.4) is 0 Å². The molecule has 2 nitrogen and oxygen atoms in total. The van der Waals surface area contributed by atoms with Crippen LogP contribution in [0.25, 0.3) is 5.57 Å². The van der Waals surface area contributed by atoms with E-state index >= 15 is 0 Å². The van der Waals surface area contributed by atoms with Crippen LogP contribution in [0.2, 0.25) is 0 Å². The van der Waals surface area contributed by atoms with Crippen molar-refractivity contribution in [1.82, 2.24) is 10.2 Å². The number of nitrogens with one attached hydrogen (secondary N) is 1. The van der Waals surface area contributed by atoms with Crippen LogP contribution in [0.1, 0.15) is 55.4 Å². The van der Waals surface area contributed by atoms with E-state index in [1.54, 1.807) is 11.8 Å². The molecule has 0 amide bonds. The van der Waals surface area contributed by atoms with Crippen LogP contribution >= 0.6 is 11.8 Å². The average molecular weight is 435 g/mol. The molecule has 0 bridgehead atoms.